The number of aliphatic hydroxyl groups is 1. The van der Waals surface area contributed by atoms with Crippen LogP contribution in [-0.2, 0) is 0 Å². The molecule has 0 aliphatic heterocycles. The Bertz CT molecular complexity index is 125. The van der Waals surface area contributed by atoms with Crippen LogP contribution in [-0.4, -0.2) is 5.11 Å². The molecule has 0 atom stereocenters. The summed E-state index contributed by atoms with van der Waals surface area (Å²) in [6.45, 7) is 10.0. The van der Waals surface area contributed by atoms with E-state index in [-0.39, 0.29) is 5.41 Å². The summed E-state index contributed by atoms with van der Waals surface area (Å²) in [6, 6.07) is 0. The third kappa shape index (κ3) is 5.96. The standard InChI is InChI=1S/C10H20O/c1-5-6-7-10(3,4)8-9(2)11/h11H,2,5-8H2,1,3-4H3. The second kappa shape index (κ2) is 4.42. The zero-order valence-electron chi connectivity index (χ0n) is 7.98. The van der Waals surface area contributed by atoms with Crippen molar-refractivity contribution in [1.29, 1.82) is 0 Å². The van der Waals surface area contributed by atoms with Crippen molar-refractivity contribution in [3.8, 4) is 0 Å². The Labute approximate surface area is 70.1 Å². The van der Waals surface area contributed by atoms with Gasteiger partial charge in [0.25, 0.3) is 0 Å². The fourth-order valence-corrected chi connectivity index (χ4v) is 1.30. The van der Waals surface area contributed by atoms with E-state index in [9.17, 15) is 0 Å². The van der Waals surface area contributed by atoms with Crippen molar-refractivity contribution in [1.82, 2.24) is 0 Å². The van der Waals surface area contributed by atoms with Crippen LogP contribution in [0.15, 0.2) is 12.3 Å². The minimum Gasteiger partial charge on any atom is -0.513 e. The molecule has 0 aromatic rings. The second-order valence-corrected chi connectivity index (χ2v) is 4.01. The summed E-state index contributed by atoms with van der Waals surface area (Å²) in [5.74, 6) is 0.311. The van der Waals surface area contributed by atoms with E-state index in [0.29, 0.717) is 5.76 Å². The molecule has 0 radical (unpaired) electrons. The Morgan fingerprint density at radius 2 is 2.00 bits per heavy atom. The van der Waals surface area contributed by atoms with Gasteiger partial charge in [0.1, 0.15) is 0 Å². The van der Waals surface area contributed by atoms with Crippen molar-refractivity contribution in [2.24, 2.45) is 5.41 Å². The van der Waals surface area contributed by atoms with Gasteiger partial charge in [0.05, 0.1) is 5.76 Å². The van der Waals surface area contributed by atoms with Crippen LogP contribution >= 0.6 is 0 Å². The van der Waals surface area contributed by atoms with Gasteiger partial charge in [-0.1, -0.05) is 40.2 Å². The third-order valence-corrected chi connectivity index (χ3v) is 1.89. The van der Waals surface area contributed by atoms with E-state index in [0.717, 1.165) is 6.42 Å². The molecule has 0 saturated heterocycles. The lowest BCUT2D eigenvalue weighted by molar-refractivity contribution is 0.263. The van der Waals surface area contributed by atoms with Gasteiger partial charge >= 0.3 is 0 Å². The monoisotopic (exact) mass is 156 g/mol. The minimum absolute atomic E-state index is 0.224. The fourth-order valence-electron chi connectivity index (χ4n) is 1.30. The molecule has 0 saturated carbocycles. The average molecular weight is 156 g/mol. The smallest absolute Gasteiger partial charge is 0.0856 e. The van der Waals surface area contributed by atoms with Gasteiger partial charge in [-0.3, -0.25) is 0 Å². The van der Waals surface area contributed by atoms with Crippen LogP contribution in [0, 0.1) is 5.41 Å². The highest BCUT2D eigenvalue weighted by Crippen LogP contribution is 2.29. The van der Waals surface area contributed by atoms with Gasteiger partial charge in [-0.05, 0) is 11.8 Å². The molecule has 11 heavy (non-hydrogen) atoms. The molecule has 1 heteroatoms. The topological polar surface area (TPSA) is 20.2 Å². The van der Waals surface area contributed by atoms with Crippen molar-refractivity contribution in [3.05, 3.63) is 12.3 Å². The number of allylic oxidation sites excluding steroid dienone is 1. The molecular formula is C10H20O. The predicted molar refractivity (Wildman–Crippen MR) is 49.7 cm³/mol. The van der Waals surface area contributed by atoms with E-state index in [4.69, 9.17) is 5.11 Å². The first-order chi connectivity index (χ1) is 4.98. The molecule has 0 aromatic carbocycles. The molecule has 0 aliphatic carbocycles. The molecule has 0 unspecified atom stereocenters. The lowest BCUT2D eigenvalue weighted by Crippen LogP contribution is -2.11. The molecular weight excluding hydrogens is 136 g/mol. The summed E-state index contributed by atoms with van der Waals surface area (Å²) < 4.78 is 0. The molecule has 1 N–H and O–H groups in total. The summed E-state index contributed by atoms with van der Waals surface area (Å²) in [5, 5.41) is 8.99. The van der Waals surface area contributed by atoms with Gasteiger partial charge in [-0.2, -0.15) is 0 Å². The third-order valence-electron chi connectivity index (χ3n) is 1.89. The zero-order chi connectivity index (χ0) is 8.91. The van der Waals surface area contributed by atoms with Crippen LogP contribution in [0.1, 0.15) is 46.5 Å². The minimum atomic E-state index is 0.224. The highest BCUT2D eigenvalue weighted by Gasteiger charge is 2.17. The first kappa shape index (κ1) is 10.5. The maximum atomic E-state index is 8.99. The van der Waals surface area contributed by atoms with Crippen molar-refractivity contribution in [2.45, 2.75) is 46.5 Å². The van der Waals surface area contributed by atoms with Gasteiger partial charge in [0, 0.05) is 6.42 Å². The number of hydrogen-bond donors (Lipinski definition) is 1. The van der Waals surface area contributed by atoms with Crippen LogP contribution in [0.4, 0.5) is 0 Å². The Kier molecular flexibility index (Phi) is 4.24. The molecule has 0 aromatic heterocycles. The summed E-state index contributed by atoms with van der Waals surface area (Å²) in [6.07, 6.45) is 4.36. The second-order valence-electron chi connectivity index (χ2n) is 4.01. The van der Waals surface area contributed by atoms with E-state index in [1.165, 1.54) is 19.3 Å². The molecule has 0 aliphatic rings. The van der Waals surface area contributed by atoms with Crippen molar-refractivity contribution < 1.29 is 5.11 Å². The van der Waals surface area contributed by atoms with E-state index >= 15 is 0 Å². The Balaban J connectivity index is 3.70. The Hall–Kier alpha value is -0.460. The number of unbranched alkanes of at least 4 members (excludes halogenated alkanes) is 1. The largest absolute Gasteiger partial charge is 0.513 e. The first-order valence-corrected chi connectivity index (χ1v) is 4.34. The van der Waals surface area contributed by atoms with Gasteiger partial charge < -0.3 is 5.11 Å². The van der Waals surface area contributed by atoms with Crippen LogP contribution in [0.25, 0.3) is 0 Å². The molecule has 0 fully saturated rings. The molecule has 1 nitrogen and oxygen atoms in total. The van der Waals surface area contributed by atoms with Crippen molar-refractivity contribution >= 4 is 0 Å². The molecule has 0 heterocycles. The number of hydrogen-bond acceptors (Lipinski definition) is 1. The number of aliphatic hydroxyl groups excluding tert-OH is 1. The Morgan fingerprint density at radius 1 is 1.45 bits per heavy atom. The fraction of sp³-hybridized carbons (Fsp3) is 0.800. The van der Waals surface area contributed by atoms with Crippen LogP contribution in [0.2, 0.25) is 0 Å². The van der Waals surface area contributed by atoms with Crippen LogP contribution in [0.5, 0.6) is 0 Å². The van der Waals surface area contributed by atoms with E-state index < -0.39 is 0 Å². The zero-order valence-corrected chi connectivity index (χ0v) is 7.98. The quantitative estimate of drug-likeness (QED) is 0.602. The number of rotatable bonds is 5. The maximum Gasteiger partial charge on any atom is 0.0856 e. The van der Waals surface area contributed by atoms with Crippen molar-refractivity contribution in [3.63, 3.8) is 0 Å². The average Bonchev–Trinajstić information content (AvgIpc) is 1.81. The molecule has 0 spiro atoms. The maximum absolute atomic E-state index is 8.99. The van der Waals surface area contributed by atoms with E-state index in [2.05, 4.69) is 27.4 Å². The van der Waals surface area contributed by atoms with Crippen molar-refractivity contribution in [2.75, 3.05) is 0 Å². The van der Waals surface area contributed by atoms with Gasteiger partial charge in [0.15, 0.2) is 0 Å². The molecule has 0 amide bonds. The predicted octanol–water partition coefficient (Wildman–Crippen LogP) is 3.66. The Morgan fingerprint density at radius 3 is 2.36 bits per heavy atom. The van der Waals surface area contributed by atoms with Crippen LogP contribution in [0.3, 0.4) is 0 Å². The SMILES string of the molecule is C=C(O)CC(C)(C)CCCC. The highest BCUT2D eigenvalue weighted by atomic mass is 16.3. The lowest BCUT2D eigenvalue weighted by atomic mass is 9.83. The summed E-state index contributed by atoms with van der Waals surface area (Å²) in [4.78, 5) is 0. The van der Waals surface area contributed by atoms with Gasteiger partial charge in [-0.15, -0.1) is 0 Å². The normalized spacial score (nSPS) is 11.5. The van der Waals surface area contributed by atoms with E-state index in [1.54, 1.807) is 0 Å². The lowest BCUT2D eigenvalue weighted by Gasteiger charge is -2.23. The van der Waals surface area contributed by atoms with Gasteiger partial charge in [0.2, 0.25) is 0 Å². The summed E-state index contributed by atoms with van der Waals surface area (Å²) in [7, 11) is 0. The van der Waals surface area contributed by atoms with Crippen LogP contribution < -0.4 is 0 Å². The molecule has 0 rings (SSSR count). The summed E-state index contributed by atoms with van der Waals surface area (Å²) >= 11 is 0. The van der Waals surface area contributed by atoms with Gasteiger partial charge in [-0.25, -0.2) is 0 Å². The highest BCUT2D eigenvalue weighted by molar-refractivity contribution is 4.86. The van der Waals surface area contributed by atoms with E-state index in [1.807, 2.05) is 0 Å². The summed E-state index contributed by atoms with van der Waals surface area (Å²) in [5.41, 5.74) is 0.224. The molecule has 66 valence electrons. The first-order valence-electron chi connectivity index (χ1n) is 4.34. The molecule has 0 bridgehead atoms.